The predicted octanol–water partition coefficient (Wildman–Crippen LogP) is 4.43. The predicted molar refractivity (Wildman–Crippen MR) is 132 cm³/mol. The minimum atomic E-state index is -1.15. The first-order chi connectivity index (χ1) is 17.3. The van der Waals surface area contributed by atoms with Crippen LogP contribution in [0.1, 0.15) is 57.4 Å². The molecule has 2 saturated carbocycles. The molecule has 9 nitrogen and oxygen atoms in total. The zero-order chi connectivity index (χ0) is 25.4. The molecule has 3 aromatic rings. The average molecular weight is 520 g/mol. The van der Waals surface area contributed by atoms with Crippen molar-refractivity contribution in [3.05, 3.63) is 35.0 Å². The van der Waals surface area contributed by atoms with Crippen molar-refractivity contribution < 1.29 is 18.7 Å². The van der Waals surface area contributed by atoms with Gasteiger partial charge in [-0.2, -0.15) is 4.98 Å². The number of imidazole rings is 1. The molecule has 0 aliphatic heterocycles. The normalized spacial score (nSPS) is 24.6. The van der Waals surface area contributed by atoms with Crippen LogP contribution in [0.3, 0.4) is 0 Å². The summed E-state index contributed by atoms with van der Waals surface area (Å²) in [5.41, 5.74) is 6.42. The molecule has 5 N–H and O–H groups in total. The largest absolute Gasteiger partial charge is 0.393 e. The topological polar surface area (TPSA) is 131 Å². The Morgan fingerprint density at radius 1 is 1.11 bits per heavy atom. The number of anilines is 3. The van der Waals surface area contributed by atoms with Crippen LogP contribution in [-0.2, 0) is 4.79 Å². The summed E-state index contributed by atoms with van der Waals surface area (Å²) < 4.78 is 30.6. The van der Waals surface area contributed by atoms with Gasteiger partial charge in [0.15, 0.2) is 17.3 Å². The van der Waals surface area contributed by atoms with Gasteiger partial charge in [0.1, 0.15) is 5.52 Å². The molecule has 2 atom stereocenters. The Balaban J connectivity index is 1.51. The van der Waals surface area contributed by atoms with Gasteiger partial charge in [0.2, 0.25) is 17.8 Å². The monoisotopic (exact) mass is 519 g/mol. The van der Waals surface area contributed by atoms with Crippen molar-refractivity contribution in [3.8, 4) is 0 Å². The maximum atomic E-state index is 14.6. The first kappa shape index (κ1) is 24.6. The van der Waals surface area contributed by atoms with E-state index >= 15 is 0 Å². The number of primary amides is 1. The quantitative estimate of drug-likeness (QED) is 0.354. The Labute approximate surface area is 211 Å². The van der Waals surface area contributed by atoms with Gasteiger partial charge >= 0.3 is 0 Å². The van der Waals surface area contributed by atoms with Gasteiger partial charge in [0.05, 0.1) is 23.0 Å². The number of halogens is 3. The van der Waals surface area contributed by atoms with E-state index in [0.717, 1.165) is 19.3 Å². The average Bonchev–Trinajstić information content (AvgIpc) is 3.21. The van der Waals surface area contributed by atoms with Crippen molar-refractivity contribution in [2.45, 2.75) is 69.6 Å². The molecular formula is C24H28ClF2N7O2. The molecule has 0 bridgehead atoms. The minimum absolute atomic E-state index is 0.0531. The zero-order valence-electron chi connectivity index (χ0n) is 19.6. The molecule has 2 aliphatic rings. The number of nitrogens with zero attached hydrogens (tertiary/aromatic N) is 4. The SMILES string of the molecule is NC(=O)[C@H]1CC[C@@H](n2c(Nc3ccc(Cl)c(F)c3F)nc3cnc(N[C@@H]4CCC[C@@H](O)C4)nc32)CC1. The number of hydrogen-bond acceptors (Lipinski definition) is 7. The third kappa shape index (κ3) is 4.94. The fraction of sp³-hybridized carbons (Fsp3) is 0.500. The van der Waals surface area contributed by atoms with E-state index in [4.69, 9.17) is 22.3 Å². The summed E-state index contributed by atoms with van der Waals surface area (Å²) in [4.78, 5) is 25.4. The molecule has 0 saturated heterocycles. The molecule has 2 fully saturated rings. The molecule has 2 aromatic heterocycles. The van der Waals surface area contributed by atoms with E-state index in [1.807, 2.05) is 4.57 Å². The van der Waals surface area contributed by atoms with Gasteiger partial charge in [-0.3, -0.25) is 9.36 Å². The summed E-state index contributed by atoms with van der Waals surface area (Å²) in [5.74, 6) is -2.07. The number of nitrogens with one attached hydrogen (secondary N) is 2. The number of carbonyl (C=O) groups is 1. The number of aliphatic hydroxyl groups excluding tert-OH is 1. The number of benzene rings is 1. The molecule has 36 heavy (non-hydrogen) atoms. The molecule has 0 spiro atoms. The fourth-order valence-electron chi connectivity index (χ4n) is 5.23. The second-order valence-electron chi connectivity index (χ2n) is 9.63. The van der Waals surface area contributed by atoms with Gasteiger partial charge in [-0.25, -0.2) is 18.7 Å². The number of carbonyl (C=O) groups excluding carboxylic acids is 1. The van der Waals surface area contributed by atoms with E-state index in [1.54, 1.807) is 6.20 Å². The van der Waals surface area contributed by atoms with E-state index < -0.39 is 11.6 Å². The summed E-state index contributed by atoms with van der Waals surface area (Å²) in [6.07, 6.45) is 6.97. The smallest absolute Gasteiger partial charge is 0.224 e. The van der Waals surface area contributed by atoms with Crippen LogP contribution in [0, 0.1) is 17.6 Å². The molecule has 0 radical (unpaired) electrons. The molecule has 0 unspecified atom stereocenters. The molecule has 1 amide bonds. The number of hydrogen-bond donors (Lipinski definition) is 4. The number of aromatic nitrogens is 4. The minimum Gasteiger partial charge on any atom is -0.393 e. The van der Waals surface area contributed by atoms with E-state index in [-0.39, 0.29) is 46.7 Å². The lowest BCUT2D eigenvalue weighted by Gasteiger charge is -2.29. The molecule has 5 rings (SSSR count). The standard InChI is InChI=1S/C24H28ClF2N7O2/c25-16-8-9-17(20(27)19(16)26)31-24-32-18-11-29-23(30-13-2-1-3-15(35)10-13)33-22(18)34(24)14-6-4-12(5-7-14)21(28)36/h8-9,11-15,35H,1-7,10H2,(H2,28,36)(H,31,32)(H,29,30,33)/t12-,13-,14+,15-/m1/s1. The molecular weight excluding hydrogens is 492 g/mol. The highest BCUT2D eigenvalue weighted by molar-refractivity contribution is 6.30. The van der Waals surface area contributed by atoms with Gasteiger partial charge in [-0.1, -0.05) is 11.6 Å². The van der Waals surface area contributed by atoms with Crippen LogP contribution in [0.2, 0.25) is 5.02 Å². The third-order valence-corrected chi connectivity index (χ3v) is 7.45. The van der Waals surface area contributed by atoms with Crippen LogP contribution in [0.4, 0.5) is 26.4 Å². The zero-order valence-corrected chi connectivity index (χ0v) is 20.3. The number of fused-ring (bicyclic) bond motifs is 1. The van der Waals surface area contributed by atoms with Gasteiger partial charge in [-0.15, -0.1) is 0 Å². The van der Waals surface area contributed by atoms with Gasteiger partial charge < -0.3 is 21.5 Å². The van der Waals surface area contributed by atoms with Crippen LogP contribution < -0.4 is 16.4 Å². The molecule has 2 aliphatic carbocycles. The van der Waals surface area contributed by atoms with Crippen LogP contribution in [0.15, 0.2) is 18.3 Å². The lowest BCUT2D eigenvalue weighted by Crippen LogP contribution is -2.30. The van der Waals surface area contributed by atoms with Crippen molar-refractivity contribution in [3.63, 3.8) is 0 Å². The summed E-state index contributed by atoms with van der Waals surface area (Å²) in [6.45, 7) is 0. The third-order valence-electron chi connectivity index (χ3n) is 7.16. The second-order valence-corrected chi connectivity index (χ2v) is 10.0. The molecule has 12 heteroatoms. The Morgan fingerprint density at radius 2 is 1.89 bits per heavy atom. The van der Waals surface area contributed by atoms with Crippen molar-refractivity contribution in [1.29, 1.82) is 0 Å². The highest BCUT2D eigenvalue weighted by Gasteiger charge is 2.30. The number of rotatable bonds is 6. The Bertz CT molecular complexity index is 1280. The molecule has 192 valence electrons. The number of amides is 1. The van der Waals surface area contributed by atoms with Crippen molar-refractivity contribution in [2.75, 3.05) is 10.6 Å². The van der Waals surface area contributed by atoms with Crippen molar-refractivity contribution >= 4 is 46.3 Å². The molecule has 2 heterocycles. The number of nitrogens with two attached hydrogens (primary N) is 1. The molecule has 1 aromatic carbocycles. The van der Waals surface area contributed by atoms with Gasteiger partial charge in [0, 0.05) is 18.0 Å². The summed E-state index contributed by atoms with van der Waals surface area (Å²) in [7, 11) is 0. The highest BCUT2D eigenvalue weighted by Crippen LogP contribution is 2.37. The van der Waals surface area contributed by atoms with Crippen LogP contribution in [0.5, 0.6) is 0 Å². The van der Waals surface area contributed by atoms with E-state index in [1.165, 1.54) is 12.1 Å². The first-order valence-corrected chi connectivity index (χ1v) is 12.6. The lowest BCUT2D eigenvalue weighted by molar-refractivity contribution is -0.122. The van der Waals surface area contributed by atoms with Gasteiger partial charge in [-0.05, 0) is 63.5 Å². The summed E-state index contributed by atoms with van der Waals surface area (Å²) in [6, 6.07) is 2.58. The van der Waals surface area contributed by atoms with Crippen molar-refractivity contribution in [2.24, 2.45) is 11.7 Å². The Hall–Kier alpha value is -3.05. The van der Waals surface area contributed by atoms with Crippen molar-refractivity contribution in [1.82, 2.24) is 19.5 Å². The van der Waals surface area contributed by atoms with E-state index in [0.29, 0.717) is 49.2 Å². The Morgan fingerprint density at radius 3 is 2.61 bits per heavy atom. The van der Waals surface area contributed by atoms with Crippen LogP contribution in [0.25, 0.3) is 11.2 Å². The Kier molecular flexibility index (Phi) is 6.94. The second kappa shape index (κ2) is 10.1. The fourth-order valence-corrected chi connectivity index (χ4v) is 5.38. The van der Waals surface area contributed by atoms with Gasteiger partial charge in [0.25, 0.3) is 0 Å². The number of aliphatic hydroxyl groups is 1. The van der Waals surface area contributed by atoms with E-state index in [9.17, 15) is 18.7 Å². The summed E-state index contributed by atoms with van der Waals surface area (Å²) >= 11 is 5.71. The first-order valence-electron chi connectivity index (χ1n) is 12.2. The summed E-state index contributed by atoms with van der Waals surface area (Å²) in [5, 5.41) is 15.9. The maximum Gasteiger partial charge on any atom is 0.224 e. The van der Waals surface area contributed by atoms with Crippen LogP contribution >= 0.6 is 11.6 Å². The maximum absolute atomic E-state index is 14.6. The van der Waals surface area contributed by atoms with E-state index in [2.05, 4.69) is 20.6 Å². The lowest BCUT2D eigenvalue weighted by atomic mass is 9.85. The highest BCUT2D eigenvalue weighted by atomic mass is 35.5. The van der Waals surface area contributed by atoms with Crippen LogP contribution in [-0.4, -0.2) is 42.7 Å².